The van der Waals surface area contributed by atoms with Crippen molar-refractivity contribution in [1.29, 1.82) is 0 Å². The third-order valence-electron chi connectivity index (χ3n) is 3.05. The zero-order chi connectivity index (χ0) is 16.6. The molecule has 0 bridgehead atoms. The van der Waals surface area contributed by atoms with E-state index >= 15 is 0 Å². The van der Waals surface area contributed by atoms with Crippen LogP contribution in [0.2, 0.25) is 0 Å². The molecule has 1 aromatic rings. The molecule has 0 amide bonds. The van der Waals surface area contributed by atoms with Gasteiger partial charge in [0.1, 0.15) is 0 Å². The van der Waals surface area contributed by atoms with E-state index in [0.717, 1.165) is 0 Å². The van der Waals surface area contributed by atoms with Crippen molar-refractivity contribution in [2.45, 2.75) is 38.3 Å². The summed E-state index contributed by atoms with van der Waals surface area (Å²) >= 11 is 0. The van der Waals surface area contributed by atoms with E-state index in [9.17, 15) is 31.4 Å². The maximum Gasteiger partial charge on any atom is 0.416 e. The van der Waals surface area contributed by atoms with Gasteiger partial charge in [0.05, 0.1) is 23.3 Å². The molecule has 0 saturated heterocycles. The van der Waals surface area contributed by atoms with Gasteiger partial charge in [0, 0.05) is 0 Å². The molecule has 3 N–H and O–H groups in total. The highest BCUT2D eigenvalue weighted by atomic mass is 35.5. The molecular weight excluding hydrogens is 336 g/mol. The smallest absolute Gasteiger partial charge is 0.391 e. The highest BCUT2D eigenvalue weighted by Crippen LogP contribution is 2.37. The van der Waals surface area contributed by atoms with E-state index in [1.54, 1.807) is 13.8 Å². The van der Waals surface area contributed by atoms with E-state index in [-0.39, 0.29) is 18.5 Å². The minimum Gasteiger partial charge on any atom is -0.391 e. The summed E-state index contributed by atoms with van der Waals surface area (Å²) in [5.41, 5.74) is 2.28. The monoisotopic (exact) mass is 351 g/mol. The fraction of sp³-hybridized carbons (Fsp3) is 0.538. The van der Waals surface area contributed by atoms with Crippen LogP contribution in [0.4, 0.5) is 26.3 Å². The maximum absolute atomic E-state index is 12.7. The number of halogens is 7. The summed E-state index contributed by atoms with van der Waals surface area (Å²) in [4.78, 5) is 0. The summed E-state index contributed by atoms with van der Waals surface area (Å²) in [5.74, 6) is -0.413. The van der Waals surface area contributed by atoms with Gasteiger partial charge in [-0.05, 0) is 29.7 Å². The third-order valence-corrected chi connectivity index (χ3v) is 3.05. The third kappa shape index (κ3) is 5.03. The van der Waals surface area contributed by atoms with Crippen molar-refractivity contribution >= 4 is 12.4 Å². The molecule has 0 radical (unpaired) electrons. The van der Waals surface area contributed by atoms with Gasteiger partial charge < -0.3 is 10.8 Å². The Labute approximate surface area is 129 Å². The number of rotatable bonds is 3. The first-order valence-electron chi connectivity index (χ1n) is 6.07. The number of nitrogens with two attached hydrogens (primary N) is 1. The number of hydrogen-bond acceptors (Lipinski definition) is 2. The molecule has 9 heteroatoms. The Bertz CT molecular complexity index is 468. The van der Waals surface area contributed by atoms with Gasteiger partial charge in [0.15, 0.2) is 0 Å². The number of hydrogen-bond donors (Lipinski definition) is 2. The average Bonchev–Trinajstić information content (AvgIpc) is 2.34. The van der Waals surface area contributed by atoms with E-state index in [4.69, 9.17) is 5.73 Å². The molecule has 0 aliphatic heterocycles. The lowest BCUT2D eigenvalue weighted by Gasteiger charge is -2.24. The van der Waals surface area contributed by atoms with Crippen LogP contribution in [0.3, 0.4) is 0 Å². The van der Waals surface area contributed by atoms with Crippen LogP contribution in [0.25, 0.3) is 0 Å². The van der Waals surface area contributed by atoms with E-state index in [1.807, 2.05) is 0 Å². The zero-order valence-electron chi connectivity index (χ0n) is 11.7. The SMILES string of the molecule is CC(C)[C@H](O)[C@H](N)c1cc(C(F)(F)F)cc(C(F)(F)F)c1.Cl. The molecule has 0 saturated carbocycles. The van der Waals surface area contributed by atoms with Gasteiger partial charge in [-0.2, -0.15) is 26.3 Å². The van der Waals surface area contributed by atoms with Gasteiger partial charge in [-0.3, -0.25) is 0 Å². The highest BCUT2D eigenvalue weighted by Gasteiger charge is 2.37. The van der Waals surface area contributed by atoms with Crippen molar-refractivity contribution in [3.63, 3.8) is 0 Å². The van der Waals surface area contributed by atoms with Crippen molar-refractivity contribution in [2.24, 2.45) is 11.7 Å². The fourth-order valence-corrected chi connectivity index (χ4v) is 1.78. The Morgan fingerprint density at radius 3 is 1.55 bits per heavy atom. The fourth-order valence-electron chi connectivity index (χ4n) is 1.78. The lowest BCUT2D eigenvalue weighted by molar-refractivity contribution is -0.143. The van der Waals surface area contributed by atoms with Crippen LogP contribution in [-0.4, -0.2) is 11.2 Å². The minimum atomic E-state index is -4.93. The molecule has 0 aliphatic rings. The first kappa shape index (κ1) is 21.0. The highest BCUT2D eigenvalue weighted by molar-refractivity contribution is 5.85. The molecule has 0 heterocycles. The molecule has 0 spiro atoms. The summed E-state index contributed by atoms with van der Waals surface area (Å²) in [6, 6.07) is -0.247. The van der Waals surface area contributed by atoms with Gasteiger partial charge in [-0.1, -0.05) is 13.8 Å². The van der Waals surface area contributed by atoms with Gasteiger partial charge >= 0.3 is 12.4 Å². The van der Waals surface area contributed by atoms with Crippen LogP contribution in [0.5, 0.6) is 0 Å². The molecule has 22 heavy (non-hydrogen) atoms. The van der Waals surface area contributed by atoms with Crippen LogP contribution in [0, 0.1) is 5.92 Å². The molecule has 1 aromatic carbocycles. The number of aliphatic hydroxyl groups excluding tert-OH is 1. The van der Waals surface area contributed by atoms with Crippen molar-refractivity contribution in [2.75, 3.05) is 0 Å². The van der Waals surface area contributed by atoms with E-state index in [2.05, 4.69) is 0 Å². The zero-order valence-corrected chi connectivity index (χ0v) is 12.5. The quantitative estimate of drug-likeness (QED) is 0.803. The topological polar surface area (TPSA) is 46.2 Å². The Balaban J connectivity index is 0.00000441. The average molecular weight is 352 g/mol. The molecule has 128 valence electrons. The first-order valence-corrected chi connectivity index (χ1v) is 6.07. The number of alkyl halides is 6. The minimum absolute atomic E-state index is 0. The first-order chi connectivity index (χ1) is 9.34. The summed E-state index contributed by atoms with van der Waals surface area (Å²) in [6.07, 6.45) is -11.1. The summed E-state index contributed by atoms with van der Waals surface area (Å²) in [5, 5.41) is 9.75. The second kappa shape index (κ2) is 7.06. The summed E-state index contributed by atoms with van der Waals surface area (Å²) in [6.45, 7) is 3.12. The second-order valence-corrected chi connectivity index (χ2v) is 5.10. The lowest BCUT2D eigenvalue weighted by Crippen LogP contribution is -2.31. The van der Waals surface area contributed by atoms with E-state index in [1.165, 1.54) is 0 Å². The lowest BCUT2D eigenvalue weighted by atomic mass is 9.92. The molecule has 0 unspecified atom stereocenters. The van der Waals surface area contributed by atoms with Crippen molar-refractivity contribution in [1.82, 2.24) is 0 Å². The summed E-state index contributed by atoms with van der Waals surface area (Å²) in [7, 11) is 0. The Morgan fingerprint density at radius 2 is 1.27 bits per heavy atom. The molecular formula is C13H16ClF6NO. The Hall–Kier alpha value is -0.990. The van der Waals surface area contributed by atoms with Gasteiger partial charge in [-0.25, -0.2) is 0 Å². The second-order valence-electron chi connectivity index (χ2n) is 5.10. The van der Waals surface area contributed by atoms with Gasteiger partial charge in [0.25, 0.3) is 0 Å². The predicted octanol–water partition coefficient (Wildman–Crippen LogP) is 4.16. The van der Waals surface area contributed by atoms with Crippen LogP contribution >= 0.6 is 12.4 Å². The molecule has 0 aromatic heterocycles. The Morgan fingerprint density at radius 1 is 0.909 bits per heavy atom. The van der Waals surface area contributed by atoms with Gasteiger partial charge in [-0.15, -0.1) is 12.4 Å². The van der Waals surface area contributed by atoms with Crippen molar-refractivity contribution in [3.8, 4) is 0 Å². The van der Waals surface area contributed by atoms with Crippen LogP contribution in [0.15, 0.2) is 18.2 Å². The molecule has 1 rings (SSSR count). The summed E-state index contributed by atoms with van der Waals surface area (Å²) < 4.78 is 76.1. The maximum atomic E-state index is 12.7. The van der Waals surface area contributed by atoms with Crippen LogP contribution in [0.1, 0.15) is 36.6 Å². The normalized spacial score (nSPS) is 15.4. The molecule has 0 fully saturated rings. The Kier molecular flexibility index (Phi) is 6.74. The number of aliphatic hydroxyl groups is 1. The molecule has 2 nitrogen and oxygen atoms in total. The molecule has 0 aliphatic carbocycles. The van der Waals surface area contributed by atoms with Crippen molar-refractivity contribution in [3.05, 3.63) is 34.9 Å². The van der Waals surface area contributed by atoms with Crippen LogP contribution in [-0.2, 0) is 12.4 Å². The standard InChI is InChI=1S/C13H15F6NO.ClH/c1-6(2)11(21)10(20)7-3-8(12(14,15)16)5-9(4-7)13(17,18)19;/h3-6,10-11,21H,20H2,1-2H3;1H/t10-,11+;/m1./s1. The number of benzene rings is 1. The van der Waals surface area contributed by atoms with E-state index < -0.39 is 47.1 Å². The van der Waals surface area contributed by atoms with E-state index in [0.29, 0.717) is 12.1 Å². The van der Waals surface area contributed by atoms with Gasteiger partial charge in [0.2, 0.25) is 0 Å². The molecule has 2 atom stereocenters. The van der Waals surface area contributed by atoms with Crippen molar-refractivity contribution < 1.29 is 31.4 Å². The largest absolute Gasteiger partial charge is 0.416 e. The van der Waals surface area contributed by atoms with Crippen LogP contribution < -0.4 is 5.73 Å². The predicted molar refractivity (Wildman–Crippen MR) is 71.5 cm³/mol.